The van der Waals surface area contributed by atoms with Crippen molar-refractivity contribution >= 4 is 18.5 Å². The van der Waals surface area contributed by atoms with Crippen molar-refractivity contribution < 1.29 is 13.9 Å². The Hall–Kier alpha value is -1.63. The van der Waals surface area contributed by atoms with E-state index in [9.17, 15) is 4.39 Å². The Morgan fingerprint density at radius 3 is 1.62 bits per heavy atom. The van der Waals surface area contributed by atoms with Crippen LogP contribution in [0.1, 0.15) is 22.3 Å². The fourth-order valence-corrected chi connectivity index (χ4v) is 4.40. The summed E-state index contributed by atoms with van der Waals surface area (Å²) in [6.07, 6.45) is 1.47. The number of hydrogen-bond donors (Lipinski definition) is 0. The van der Waals surface area contributed by atoms with Crippen LogP contribution in [0.15, 0.2) is 54.6 Å². The average Bonchev–Trinajstić information content (AvgIpc) is 2.74. The molecule has 5 heteroatoms. The third kappa shape index (κ3) is 5.11. The lowest BCUT2D eigenvalue weighted by molar-refractivity contribution is 0.179. The normalized spacial score (nSPS) is 11.1. The first-order valence-electron chi connectivity index (χ1n) is 9.53. The van der Waals surface area contributed by atoms with Gasteiger partial charge < -0.3 is 9.47 Å². The Morgan fingerprint density at radius 1 is 0.655 bits per heavy atom. The van der Waals surface area contributed by atoms with Crippen LogP contribution in [0.5, 0.6) is 0 Å². The van der Waals surface area contributed by atoms with Gasteiger partial charge in [-0.3, -0.25) is 0 Å². The van der Waals surface area contributed by atoms with E-state index < -0.39 is 0 Å². The van der Waals surface area contributed by atoms with E-state index >= 15 is 0 Å². The predicted octanol–water partition coefficient (Wildman–Crippen LogP) is 6.20. The summed E-state index contributed by atoms with van der Waals surface area (Å²) in [6, 6.07) is 18.0. The minimum atomic E-state index is -0.164. The molecule has 0 saturated carbocycles. The lowest BCUT2D eigenvalue weighted by atomic mass is 9.94. The summed E-state index contributed by atoms with van der Waals surface area (Å²) in [5, 5.41) is 0. The molecule has 3 aromatic carbocycles. The Balaban J connectivity index is 1.97. The monoisotopic (exact) mass is 428 g/mol. The van der Waals surface area contributed by atoms with Crippen LogP contribution in [0.2, 0.25) is 0 Å². The van der Waals surface area contributed by atoms with Gasteiger partial charge >= 0.3 is 0 Å². The molecular formula is C24H27FO2P2. The van der Waals surface area contributed by atoms with Crippen LogP contribution in [-0.2, 0) is 35.0 Å². The molecule has 2 nitrogen and oxygen atoms in total. The van der Waals surface area contributed by atoms with Crippen molar-refractivity contribution in [2.45, 2.75) is 25.5 Å². The maximum absolute atomic E-state index is 14.1. The largest absolute Gasteiger partial charge is 0.380 e. The van der Waals surface area contributed by atoms with Crippen molar-refractivity contribution in [2.24, 2.45) is 0 Å². The molecular weight excluding hydrogens is 401 g/mol. The van der Waals surface area contributed by atoms with E-state index in [4.69, 9.17) is 9.47 Å². The lowest BCUT2D eigenvalue weighted by Gasteiger charge is -2.16. The van der Waals surface area contributed by atoms with Crippen molar-refractivity contribution in [3.8, 4) is 22.3 Å². The molecule has 0 N–H and O–H groups in total. The van der Waals surface area contributed by atoms with Crippen LogP contribution in [0.4, 0.5) is 4.39 Å². The number of rotatable bonds is 8. The third-order valence-electron chi connectivity index (χ3n) is 5.06. The number of hydrogen-bond acceptors (Lipinski definition) is 2. The highest BCUT2D eigenvalue weighted by Gasteiger charge is 2.12. The van der Waals surface area contributed by atoms with Gasteiger partial charge in [0.05, 0.1) is 13.2 Å². The summed E-state index contributed by atoms with van der Waals surface area (Å²) in [5.41, 5.74) is 8.43. The van der Waals surface area contributed by atoms with Crippen LogP contribution in [0.3, 0.4) is 0 Å². The average molecular weight is 428 g/mol. The fourth-order valence-electron chi connectivity index (χ4n) is 3.54. The molecule has 0 heterocycles. The molecule has 3 rings (SSSR count). The van der Waals surface area contributed by atoms with Crippen molar-refractivity contribution in [1.29, 1.82) is 0 Å². The summed E-state index contributed by atoms with van der Waals surface area (Å²) < 4.78 is 25.0. The van der Waals surface area contributed by atoms with Crippen LogP contribution < -0.4 is 0 Å². The third-order valence-corrected chi connectivity index (χ3v) is 5.91. The molecule has 0 aliphatic carbocycles. The maximum atomic E-state index is 14.1. The molecule has 2 atom stereocenters. The summed E-state index contributed by atoms with van der Waals surface area (Å²) in [4.78, 5) is 0. The molecule has 0 aromatic heterocycles. The molecule has 152 valence electrons. The Morgan fingerprint density at radius 2 is 1.17 bits per heavy atom. The van der Waals surface area contributed by atoms with Gasteiger partial charge in [-0.2, -0.15) is 0 Å². The van der Waals surface area contributed by atoms with Gasteiger partial charge in [-0.1, -0.05) is 36.4 Å². The quantitative estimate of drug-likeness (QED) is 0.398. The molecule has 0 fully saturated rings. The summed E-state index contributed by atoms with van der Waals surface area (Å²) in [7, 11) is 8.78. The molecule has 0 bridgehead atoms. The molecule has 3 aromatic rings. The Labute approximate surface area is 177 Å². The molecule has 29 heavy (non-hydrogen) atoms. The van der Waals surface area contributed by atoms with Crippen molar-refractivity contribution in [1.82, 2.24) is 0 Å². The first-order valence-corrected chi connectivity index (χ1v) is 11.2. The highest BCUT2D eigenvalue weighted by atomic mass is 31.0. The molecule has 2 unspecified atom stereocenters. The zero-order valence-electron chi connectivity index (χ0n) is 16.9. The summed E-state index contributed by atoms with van der Waals surface area (Å²) >= 11 is 0. The highest BCUT2D eigenvalue weighted by molar-refractivity contribution is 7.15. The number of halogens is 1. The van der Waals surface area contributed by atoms with E-state index in [1.807, 2.05) is 24.3 Å². The smallest absolute Gasteiger partial charge is 0.127 e. The van der Waals surface area contributed by atoms with E-state index in [1.54, 1.807) is 20.3 Å². The van der Waals surface area contributed by atoms with Gasteiger partial charge in [0.2, 0.25) is 0 Å². The maximum Gasteiger partial charge on any atom is 0.127 e. The Bertz CT molecular complexity index is 944. The van der Waals surface area contributed by atoms with Crippen molar-refractivity contribution in [2.75, 3.05) is 14.2 Å². The zero-order chi connectivity index (χ0) is 20.8. The van der Waals surface area contributed by atoms with Gasteiger partial charge in [-0.15, -0.1) is 18.5 Å². The van der Waals surface area contributed by atoms with Gasteiger partial charge in [0.25, 0.3) is 0 Å². The SMILES string of the molecule is COCc1cc(-c2ccc(-c3ccc(CP)c(F)c3)cc2)cc(COC)c1CP. The van der Waals surface area contributed by atoms with E-state index in [2.05, 4.69) is 42.7 Å². The minimum absolute atomic E-state index is 0.164. The first-order chi connectivity index (χ1) is 14.1. The number of ether oxygens (including phenoxy) is 2. The first kappa shape index (κ1) is 22.1. The van der Waals surface area contributed by atoms with E-state index in [-0.39, 0.29) is 5.82 Å². The fraction of sp³-hybridized carbons (Fsp3) is 0.250. The van der Waals surface area contributed by atoms with Gasteiger partial charge in [0.1, 0.15) is 5.82 Å². The molecule has 0 spiro atoms. The van der Waals surface area contributed by atoms with Crippen molar-refractivity contribution in [3.63, 3.8) is 0 Å². The van der Waals surface area contributed by atoms with Gasteiger partial charge in [0.15, 0.2) is 0 Å². The van der Waals surface area contributed by atoms with Crippen LogP contribution in [-0.4, -0.2) is 14.2 Å². The lowest BCUT2D eigenvalue weighted by Crippen LogP contribution is -2.02. The standard InChI is InChI=1S/C24H27FO2P2/c1-26-12-21-9-20(10-22(13-27-2)23(21)15-29)17-5-3-16(4-6-17)18-7-8-19(14-28)24(25)11-18/h3-11H,12-15,28-29H2,1-2H3. The second kappa shape index (κ2) is 10.4. The highest BCUT2D eigenvalue weighted by Crippen LogP contribution is 2.31. The summed E-state index contributed by atoms with van der Waals surface area (Å²) in [6.45, 7) is 1.13. The van der Waals surface area contributed by atoms with Gasteiger partial charge in [-0.05, 0) is 75.0 Å². The second-order valence-electron chi connectivity index (χ2n) is 6.93. The van der Waals surface area contributed by atoms with Crippen LogP contribution in [0.25, 0.3) is 22.3 Å². The molecule has 0 aliphatic rings. The van der Waals surface area contributed by atoms with Crippen LogP contribution in [0, 0.1) is 5.82 Å². The second-order valence-corrected chi connectivity index (χ2v) is 7.75. The zero-order valence-corrected chi connectivity index (χ0v) is 19.2. The Kier molecular flexibility index (Phi) is 7.92. The molecule has 0 amide bonds. The number of methoxy groups -OCH3 is 2. The van der Waals surface area contributed by atoms with Gasteiger partial charge in [0, 0.05) is 14.2 Å². The van der Waals surface area contributed by atoms with Crippen molar-refractivity contribution in [3.05, 3.63) is 82.7 Å². The van der Waals surface area contributed by atoms with E-state index in [0.29, 0.717) is 24.9 Å². The summed E-state index contributed by atoms with van der Waals surface area (Å²) in [5.74, 6) is -0.164. The molecule has 0 aliphatic heterocycles. The topological polar surface area (TPSA) is 18.5 Å². The molecule has 0 radical (unpaired) electrons. The number of benzene rings is 3. The minimum Gasteiger partial charge on any atom is -0.380 e. The molecule has 0 saturated heterocycles. The predicted molar refractivity (Wildman–Crippen MR) is 126 cm³/mol. The van der Waals surface area contributed by atoms with Gasteiger partial charge in [-0.25, -0.2) is 4.39 Å². The van der Waals surface area contributed by atoms with E-state index in [1.165, 1.54) is 16.7 Å². The van der Waals surface area contributed by atoms with Crippen LogP contribution >= 0.6 is 18.5 Å². The van der Waals surface area contributed by atoms with E-state index in [0.717, 1.165) is 28.4 Å².